The van der Waals surface area contributed by atoms with Gasteiger partial charge in [-0.3, -0.25) is 10.1 Å². The van der Waals surface area contributed by atoms with E-state index < -0.39 is 10.9 Å². The summed E-state index contributed by atoms with van der Waals surface area (Å²) in [5.41, 5.74) is -0.115. The van der Waals surface area contributed by atoms with Gasteiger partial charge < -0.3 is 4.74 Å². The summed E-state index contributed by atoms with van der Waals surface area (Å²) in [4.78, 5) is 23.3. The van der Waals surface area contributed by atoms with E-state index in [1.54, 1.807) is 13.0 Å². The van der Waals surface area contributed by atoms with Gasteiger partial charge in [-0.15, -0.1) is 11.3 Å². The summed E-state index contributed by atoms with van der Waals surface area (Å²) >= 11 is 1.23. The predicted molar refractivity (Wildman–Crippen MR) is 79.8 cm³/mol. The average molecular weight is 308 g/mol. The van der Waals surface area contributed by atoms with Crippen molar-refractivity contribution in [2.24, 2.45) is 0 Å². The lowest BCUT2D eigenvalue weighted by atomic mass is 10.2. The van der Waals surface area contributed by atoms with Crippen molar-refractivity contribution in [2.45, 2.75) is 33.1 Å². The van der Waals surface area contributed by atoms with Crippen LogP contribution in [-0.4, -0.2) is 17.5 Å². The van der Waals surface area contributed by atoms with Crippen LogP contribution >= 0.6 is 11.3 Å². The molecule has 0 aliphatic carbocycles. The molecule has 0 aliphatic rings. The van der Waals surface area contributed by atoms with E-state index >= 15 is 0 Å². The van der Waals surface area contributed by atoms with Gasteiger partial charge in [0.2, 0.25) is 0 Å². The summed E-state index contributed by atoms with van der Waals surface area (Å²) < 4.78 is 4.76. The number of esters is 1. The Bertz CT molecular complexity index is 599. The lowest BCUT2D eigenvalue weighted by molar-refractivity contribution is -0.385. The fourth-order valence-corrected chi connectivity index (χ4v) is 2.79. The van der Waals surface area contributed by atoms with Crippen molar-refractivity contribution in [3.63, 3.8) is 0 Å². The molecule has 0 N–H and O–H groups in total. The number of nitrogens with zero attached hydrogens (tertiary/aromatic N) is 2. The van der Waals surface area contributed by atoms with Crippen LogP contribution in [0.3, 0.4) is 0 Å². The first kappa shape index (κ1) is 16.9. The Morgan fingerprint density at radius 1 is 1.57 bits per heavy atom. The van der Waals surface area contributed by atoms with Crippen LogP contribution < -0.4 is 0 Å². The van der Waals surface area contributed by atoms with Crippen LogP contribution in [0.25, 0.3) is 6.08 Å². The highest BCUT2D eigenvalue weighted by molar-refractivity contribution is 7.13. The van der Waals surface area contributed by atoms with E-state index in [1.807, 2.05) is 6.92 Å². The predicted octanol–water partition coefficient (Wildman–Crippen LogP) is 3.47. The summed E-state index contributed by atoms with van der Waals surface area (Å²) in [7, 11) is 0. The molecule has 0 aliphatic heterocycles. The quantitative estimate of drug-likeness (QED) is 0.253. The van der Waals surface area contributed by atoms with Gasteiger partial charge in [-0.1, -0.05) is 13.3 Å². The van der Waals surface area contributed by atoms with E-state index in [-0.39, 0.29) is 17.9 Å². The summed E-state index contributed by atoms with van der Waals surface area (Å²) in [6.45, 7) is 3.82. The molecule has 0 radical (unpaired) electrons. The monoisotopic (exact) mass is 308 g/mol. The number of thiophene rings is 1. The number of nitriles is 1. The van der Waals surface area contributed by atoms with Crippen LogP contribution in [0.5, 0.6) is 0 Å². The number of carbonyl (C=O) groups excluding carboxylic acids is 1. The van der Waals surface area contributed by atoms with Gasteiger partial charge in [0.05, 0.1) is 16.4 Å². The van der Waals surface area contributed by atoms with Gasteiger partial charge in [0, 0.05) is 10.9 Å². The lowest BCUT2D eigenvalue weighted by Crippen LogP contribution is -2.05. The first-order valence-electron chi connectivity index (χ1n) is 6.59. The topological polar surface area (TPSA) is 93.2 Å². The fourth-order valence-electron chi connectivity index (χ4n) is 1.67. The zero-order valence-corrected chi connectivity index (χ0v) is 12.7. The minimum Gasteiger partial charge on any atom is -0.462 e. The van der Waals surface area contributed by atoms with E-state index in [4.69, 9.17) is 10.00 Å². The molecule has 1 heterocycles. The SMILES string of the molecule is CCCCc1sc(/C=C(\C#N)C(=O)OCC)cc1[N+](=O)[O-]. The summed E-state index contributed by atoms with van der Waals surface area (Å²) in [5, 5.41) is 20.0. The molecule has 0 aromatic carbocycles. The Kier molecular flexibility index (Phi) is 6.56. The fraction of sp³-hybridized carbons (Fsp3) is 0.429. The number of unbranched alkanes of at least 4 members (excludes halogenated alkanes) is 1. The van der Waals surface area contributed by atoms with Gasteiger partial charge in [-0.2, -0.15) is 5.26 Å². The normalized spacial score (nSPS) is 11.0. The molecule has 21 heavy (non-hydrogen) atoms. The van der Waals surface area contributed by atoms with Crippen LogP contribution in [0.1, 0.15) is 36.4 Å². The molecular formula is C14H16N2O4S. The Balaban J connectivity index is 3.10. The maximum absolute atomic E-state index is 11.5. The molecular weight excluding hydrogens is 292 g/mol. The first-order valence-corrected chi connectivity index (χ1v) is 7.41. The van der Waals surface area contributed by atoms with Gasteiger partial charge in [0.15, 0.2) is 0 Å². The van der Waals surface area contributed by atoms with Crippen LogP contribution in [0.15, 0.2) is 11.6 Å². The molecule has 0 fully saturated rings. The van der Waals surface area contributed by atoms with Crippen LogP contribution in [0.2, 0.25) is 0 Å². The number of nitro groups is 1. The van der Waals surface area contributed by atoms with Crippen LogP contribution in [-0.2, 0) is 16.0 Å². The van der Waals surface area contributed by atoms with Crippen molar-refractivity contribution in [1.82, 2.24) is 0 Å². The standard InChI is InChI=1S/C14H16N2O4S/c1-3-5-6-13-12(16(18)19)8-11(21-13)7-10(9-15)14(17)20-4-2/h7-8H,3-6H2,1-2H3/b10-7+. The number of hydrogen-bond acceptors (Lipinski definition) is 6. The molecule has 1 aromatic rings. The van der Waals surface area contributed by atoms with Crippen molar-refractivity contribution < 1.29 is 14.5 Å². The average Bonchev–Trinajstić information content (AvgIpc) is 2.85. The number of carbonyl (C=O) groups is 1. The van der Waals surface area contributed by atoms with E-state index in [1.165, 1.54) is 23.5 Å². The van der Waals surface area contributed by atoms with Crippen molar-refractivity contribution in [3.05, 3.63) is 31.5 Å². The number of ether oxygens (including phenoxy) is 1. The smallest absolute Gasteiger partial charge is 0.348 e. The zero-order valence-electron chi connectivity index (χ0n) is 11.9. The Morgan fingerprint density at radius 3 is 2.81 bits per heavy atom. The zero-order chi connectivity index (χ0) is 15.8. The summed E-state index contributed by atoms with van der Waals surface area (Å²) in [5.74, 6) is -0.717. The highest BCUT2D eigenvalue weighted by atomic mass is 32.1. The number of rotatable bonds is 7. The molecule has 0 amide bonds. The van der Waals surface area contributed by atoms with Crippen molar-refractivity contribution in [2.75, 3.05) is 6.61 Å². The van der Waals surface area contributed by atoms with Crippen molar-refractivity contribution >= 4 is 29.1 Å². The van der Waals surface area contributed by atoms with Gasteiger partial charge >= 0.3 is 5.97 Å². The third-order valence-corrected chi connectivity index (χ3v) is 3.79. The van der Waals surface area contributed by atoms with Gasteiger partial charge in [0.25, 0.3) is 5.69 Å². The van der Waals surface area contributed by atoms with Gasteiger partial charge in [-0.25, -0.2) is 4.79 Å². The highest BCUT2D eigenvalue weighted by Gasteiger charge is 2.19. The second kappa shape index (κ2) is 8.17. The van der Waals surface area contributed by atoms with E-state index in [0.29, 0.717) is 16.2 Å². The third-order valence-electron chi connectivity index (χ3n) is 2.66. The van der Waals surface area contributed by atoms with Crippen LogP contribution in [0.4, 0.5) is 5.69 Å². The second-order valence-electron chi connectivity index (χ2n) is 4.21. The highest BCUT2D eigenvalue weighted by Crippen LogP contribution is 2.32. The van der Waals surface area contributed by atoms with Gasteiger partial charge in [0.1, 0.15) is 11.6 Å². The Labute approximate surface area is 126 Å². The molecule has 0 saturated heterocycles. The van der Waals surface area contributed by atoms with Crippen molar-refractivity contribution in [3.8, 4) is 6.07 Å². The van der Waals surface area contributed by atoms with Crippen LogP contribution in [0, 0.1) is 21.4 Å². The minimum absolute atomic E-state index is 0.0425. The molecule has 1 aromatic heterocycles. The van der Waals surface area contributed by atoms with Crippen molar-refractivity contribution in [1.29, 1.82) is 5.26 Å². The molecule has 6 nitrogen and oxygen atoms in total. The molecule has 0 atom stereocenters. The molecule has 7 heteroatoms. The maximum atomic E-state index is 11.5. The lowest BCUT2D eigenvalue weighted by Gasteiger charge is -1.98. The number of aryl methyl sites for hydroxylation is 1. The third kappa shape index (κ3) is 4.68. The van der Waals surface area contributed by atoms with E-state index in [9.17, 15) is 14.9 Å². The molecule has 0 unspecified atom stereocenters. The minimum atomic E-state index is -0.717. The maximum Gasteiger partial charge on any atom is 0.348 e. The molecule has 1 rings (SSSR count). The Hall–Kier alpha value is -2.20. The largest absolute Gasteiger partial charge is 0.462 e. The molecule has 0 saturated carbocycles. The van der Waals surface area contributed by atoms with Gasteiger partial charge in [-0.05, 0) is 25.8 Å². The summed E-state index contributed by atoms with van der Waals surface area (Å²) in [6, 6.07) is 3.15. The molecule has 0 spiro atoms. The Morgan fingerprint density at radius 2 is 2.29 bits per heavy atom. The second-order valence-corrected chi connectivity index (χ2v) is 5.38. The van der Waals surface area contributed by atoms with E-state index in [2.05, 4.69) is 0 Å². The summed E-state index contributed by atoms with van der Waals surface area (Å²) in [6.07, 6.45) is 3.75. The number of hydrogen-bond donors (Lipinski definition) is 0. The molecule has 112 valence electrons. The van der Waals surface area contributed by atoms with E-state index in [0.717, 1.165) is 12.8 Å². The first-order chi connectivity index (χ1) is 10.0. The molecule has 0 bridgehead atoms.